The molecule has 0 N–H and O–H groups in total. The molecule has 2 aliphatic heterocycles. The standard InChI is InChI=1S/C38H31N3O4S/c1-27-18-24-33(25-19-27)46(42,43)40-37-38(26-34(45-37)28-12-6-3-7-13-28)35(29-14-8-4-9-15-29)36(30-20-22-32(44-2)23-21-30)39-41(38)31-16-10-5-11-17-31/h3-26,35H,1-2H3/b40-37-. The SMILES string of the molecule is COc1ccc(C2=NN(c3ccccc3)C3(C=C(c4ccccc4)O/C3=N\S(=O)(=O)c3ccc(C)cc3)C2c2ccccc2)cc1. The zero-order valence-electron chi connectivity index (χ0n) is 25.3. The van der Waals surface area contributed by atoms with Crippen molar-refractivity contribution in [3.05, 3.63) is 168 Å². The Labute approximate surface area is 268 Å². The van der Waals surface area contributed by atoms with Gasteiger partial charge in [-0.2, -0.15) is 13.5 Å². The van der Waals surface area contributed by atoms with Gasteiger partial charge >= 0.3 is 0 Å². The Kier molecular flexibility index (Phi) is 7.50. The summed E-state index contributed by atoms with van der Waals surface area (Å²) in [5.41, 5.74) is 3.70. The maximum absolute atomic E-state index is 14.0. The summed E-state index contributed by atoms with van der Waals surface area (Å²) < 4.78 is 44.6. The lowest BCUT2D eigenvalue weighted by atomic mass is 9.75. The zero-order chi connectivity index (χ0) is 31.7. The fourth-order valence-corrected chi connectivity index (χ4v) is 6.99. The van der Waals surface area contributed by atoms with E-state index in [9.17, 15) is 8.42 Å². The van der Waals surface area contributed by atoms with Gasteiger partial charge in [-0.15, -0.1) is 4.40 Å². The van der Waals surface area contributed by atoms with Crippen LogP contribution in [0, 0.1) is 6.92 Å². The summed E-state index contributed by atoms with van der Waals surface area (Å²) in [5.74, 6) is 0.703. The first-order chi connectivity index (χ1) is 22.4. The lowest BCUT2D eigenvalue weighted by Crippen LogP contribution is -2.51. The molecule has 2 aliphatic rings. The van der Waals surface area contributed by atoms with Gasteiger partial charge in [-0.25, -0.2) is 5.01 Å². The van der Waals surface area contributed by atoms with Crippen LogP contribution < -0.4 is 9.75 Å². The number of methoxy groups -OCH3 is 1. The summed E-state index contributed by atoms with van der Waals surface area (Å²) >= 11 is 0. The van der Waals surface area contributed by atoms with Crippen molar-refractivity contribution in [3.8, 4) is 5.75 Å². The number of hydrogen-bond acceptors (Lipinski definition) is 6. The van der Waals surface area contributed by atoms with Gasteiger partial charge < -0.3 is 9.47 Å². The predicted molar refractivity (Wildman–Crippen MR) is 182 cm³/mol. The Hall–Kier alpha value is -5.47. The molecule has 0 bridgehead atoms. The first kappa shape index (κ1) is 29.3. The van der Waals surface area contributed by atoms with Gasteiger partial charge in [0, 0.05) is 5.56 Å². The maximum Gasteiger partial charge on any atom is 0.285 e. The van der Waals surface area contributed by atoms with Crippen LogP contribution in [-0.2, 0) is 14.8 Å². The van der Waals surface area contributed by atoms with Crippen molar-refractivity contribution in [1.82, 2.24) is 0 Å². The average Bonchev–Trinajstić information content (AvgIpc) is 3.64. The lowest BCUT2D eigenvalue weighted by molar-refractivity contribution is 0.415. The molecule has 0 saturated carbocycles. The molecule has 5 aromatic rings. The highest BCUT2D eigenvalue weighted by Gasteiger charge is 2.60. The molecule has 0 aliphatic carbocycles. The summed E-state index contributed by atoms with van der Waals surface area (Å²) in [6.07, 6.45) is 1.97. The van der Waals surface area contributed by atoms with Crippen LogP contribution in [0.2, 0.25) is 0 Å². The number of hydrogen-bond donors (Lipinski definition) is 0. The van der Waals surface area contributed by atoms with E-state index in [2.05, 4.69) is 4.40 Å². The van der Waals surface area contributed by atoms with Crippen LogP contribution in [0.25, 0.3) is 5.76 Å². The average molecular weight is 626 g/mol. The van der Waals surface area contributed by atoms with Crippen molar-refractivity contribution in [3.63, 3.8) is 0 Å². The van der Waals surface area contributed by atoms with Crippen molar-refractivity contribution in [2.45, 2.75) is 23.3 Å². The van der Waals surface area contributed by atoms with Gasteiger partial charge in [-0.1, -0.05) is 96.6 Å². The topological polar surface area (TPSA) is 80.6 Å². The smallest absolute Gasteiger partial charge is 0.285 e. The number of sulfonamides is 1. The summed E-state index contributed by atoms with van der Waals surface area (Å²) in [7, 11) is -2.57. The molecule has 8 heteroatoms. The second-order valence-corrected chi connectivity index (χ2v) is 12.8. The fourth-order valence-electron chi connectivity index (χ4n) is 6.01. The van der Waals surface area contributed by atoms with E-state index in [1.54, 1.807) is 31.4 Å². The van der Waals surface area contributed by atoms with Crippen LogP contribution >= 0.6 is 0 Å². The van der Waals surface area contributed by atoms with Gasteiger partial charge in [-0.05, 0) is 72.7 Å². The quantitative estimate of drug-likeness (QED) is 0.186. The Morgan fingerprint density at radius 3 is 2.00 bits per heavy atom. The van der Waals surface area contributed by atoms with Crippen molar-refractivity contribution in [2.24, 2.45) is 9.50 Å². The second-order valence-electron chi connectivity index (χ2n) is 11.2. The molecule has 0 amide bonds. The summed E-state index contributed by atoms with van der Waals surface area (Å²) in [6.45, 7) is 1.91. The summed E-state index contributed by atoms with van der Waals surface area (Å²) in [6, 6.07) is 43.6. The van der Waals surface area contributed by atoms with Crippen molar-refractivity contribution < 1.29 is 17.9 Å². The number of benzene rings is 5. The highest BCUT2D eigenvalue weighted by molar-refractivity contribution is 7.90. The molecule has 7 rings (SSSR count). The van der Waals surface area contributed by atoms with Gasteiger partial charge in [0.05, 0.1) is 29.3 Å². The van der Waals surface area contributed by atoms with Crippen molar-refractivity contribution in [2.75, 3.05) is 12.1 Å². The van der Waals surface area contributed by atoms with E-state index in [-0.39, 0.29) is 10.8 Å². The molecule has 1 spiro atoms. The van der Waals surface area contributed by atoms with E-state index in [0.717, 1.165) is 39.4 Å². The molecular formula is C38H31N3O4S. The largest absolute Gasteiger partial charge is 0.497 e. The van der Waals surface area contributed by atoms with E-state index in [1.165, 1.54) is 0 Å². The van der Waals surface area contributed by atoms with Gasteiger partial charge in [-0.3, -0.25) is 0 Å². The molecule has 0 radical (unpaired) electrons. The normalized spacial score (nSPS) is 20.0. The third-order valence-corrected chi connectivity index (χ3v) is 9.55. The molecule has 0 aromatic heterocycles. The molecule has 228 valence electrons. The molecule has 2 heterocycles. The number of anilines is 1. The van der Waals surface area contributed by atoms with E-state index in [0.29, 0.717) is 5.76 Å². The molecule has 7 nitrogen and oxygen atoms in total. The van der Waals surface area contributed by atoms with Crippen LogP contribution in [0.3, 0.4) is 0 Å². The molecule has 2 atom stereocenters. The minimum absolute atomic E-state index is 0.0110. The van der Waals surface area contributed by atoms with Crippen molar-refractivity contribution in [1.29, 1.82) is 0 Å². The predicted octanol–water partition coefficient (Wildman–Crippen LogP) is 7.61. The fraction of sp³-hybridized carbons (Fsp3) is 0.105. The highest BCUT2D eigenvalue weighted by atomic mass is 32.2. The van der Waals surface area contributed by atoms with E-state index >= 15 is 0 Å². The lowest BCUT2D eigenvalue weighted by Gasteiger charge is -2.36. The highest BCUT2D eigenvalue weighted by Crippen LogP contribution is 2.51. The molecule has 0 fully saturated rings. The van der Waals surface area contributed by atoms with Crippen LogP contribution in [0.4, 0.5) is 5.69 Å². The number of hydrazone groups is 1. The Morgan fingerprint density at radius 2 is 1.37 bits per heavy atom. The van der Waals surface area contributed by atoms with Crippen LogP contribution in [0.15, 0.2) is 160 Å². The molecule has 2 unspecified atom stereocenters. The Bertz CT molecular complexity index is 2060. The minimum Gasteiger partial charge on any atom is -0.497 e. The molecule has 0 saturated heterocycles. The van der Waals surface area contributed by atoms with Crippen LogP contribution in [-0.4, -0.2) is 32.7 Å². The van der Waals surface area contributed by atoms with E-state index in [4.69, 9.17) is 14.6 Å². The minimum atomic E-state index is -4.20. The molecule has 46 heavy (non-hydrogen) atoms. The van der Waals surface area contributed by atoms with Gasteiger partial charge in [0.2, 0.25) is 5.90 Å². The van der Waals surface area contributed by atoms with Crippen molar-refractivity contribution >= 4 is 33.1 Å². The second kappa shape index (κ2) is 11.8. The van der Waals surface area contributed by atoms with E-state index < -0.39 is 21.5 Å². The van der Waals surface area contributed by atoms with Crippen LogP contribution in [0.1, 0.15) is 28.2 Å². The summed E-state index contributed by atoms with van der Waals surface area (Å²) in [4.78, 5) is 0.0781. The maximum atomic E-state index is 14.0. The molecular weight excluding hydrogens is 595 g/mol. The number of rotatable bonds is 7. The van der Waals surface area contributed by atoms with Gasteiger partial charge in [0.25, 0.3) is 10.0 Å². The van der Waals surface area contributed by atoms with Gasteiger partial charge in [0.15, 0.2) is 5.54 Å². The van der Waals surface area contributed by atoms with E-state index in [1.807, 2.05) is 133 Å². The third-order valence-electron chi connectivity index (χ3n) is 8.27. The number of aryl methyl sites for hydroxylation is 1. The first-order valence-electron chi connectivity index (χ1n) is 14.9. The zero-order valence-corrected chi connectivity index (χ0v) is 26.1. The number of ether oxygens (including phenoxy) is 2. The Morgan fingerprint density at radius 1 is 0.761 bits per heavy atom. The third kappa shape index (κ3) is 5.16. The summed E-state index contributed by atoms with van der Waals surface area (Å²) in [5, 5.41) is 7.13. The monoisotopic (exact) mass is 625 g/mol. The first-order valence-corrected chi connectivity index (χ1v) is 16.3. The van der Waals surface area contributed by atoms with Gasteiger partial charge in [0.1, 0.15) is 11.5 Å². The number of para-hydroxylation sites is 1. The number of nitrogens with zero attached hydrogens (tertiary/aromatic N) is 3. The Balaban J connectivity index is 1.53. The molecule has 5 aromatic carbocycles. The van der Waals surface area contributed by atoms with Crippen LogP contribution in [0.5, 0.6) is 5.75 Å².